The van der Waals surface area contributed by atoms with Crippen LogP contribution in [0.25, 0.3) is 6.08 Å². The number of carbonyl (C=O) groups is 1. The van der Waals surface area contributed by atoms with Crippen molar-refractivity contribution < 1.29 is 23.7 Å². The lowest BCUT2D eigenvalue weighted by Crippen LogP contribution is -2.20. The summed E-state index contributed by atoms with van der Waals surface area (Å²) in [5, 5.41) is 2.83. The van der Waals surface area contributed by atoms with E-state index in [1.54, 1.807) is 46.6 Å². The van der Waals surface area contributed by atoms with Crippen LogP contribution >= 0.6 is 0 Å². The molecule has 26 heavy (non-hydrogen) atoms. The van der Waals surface area contributed by atoms with Crippen LogP contribution in [0.2, 0.25) is 0 Å². The minimum Gasteiger partial charge on any atom is -0.497 e. The highest BCUT2D eigenvalue weighted by atomic mass is 16.5. The number of methoxy groups -OCH3 is 4. The first kappa shape index (κ1) is 19.2. The molecule has 0 heterocycles. The molecule has 0 atom stereocenters. The number of rotatable bonds is 8. The maximum absolute atomic E-state index is 12.1. The van der Waals surface area contributed by atoms with Gasteiger partial charge in [-0.15, -0.1) is 0 Å². The summed E-state index contributed by atoms with van der Waals surface area (Å²) in [6.07, 6.45) is 3.15. The molecule has 138 valence electrons. The molecule has 0 spiro atoms. The molecular formula is C20H23NO5. The van der Waals surface area contributed by atoms with Crippen LogP contribution in [0.3, 0.4) is 0 Å². The lowest BCUT2D eigenvalue weighted by atomic mass is 10.1. The van der Waals surface area contributed by atoms with Crippen molar-refractivity contribution in [1.29, 1.82) is 0 Å². The highest BCUT2D eigenvalue weighted by Gasteiger charge is 2.12. The van der Waals surface area contributed by atoms with E-state index >= 15 is 0 Å². The molecule has 0 aliphatic carbocycles. The second kappa shape index (κ2) is 9.36. The third kappa shape index (κ3) is 4.92. The third-order valence-corrected chi connectivity index (χ3v) is 3.72. The zero-order valence-electron chi connectivity index (χ0n) is 15.4. The van der Waals surface area contributed by atoms with Gasteiger partial charge in [0, 0.05) is 12.6 Å². The fraction of sp³-hybridized carbons (Fsp3) is 0.250. The predicted octanol–water partition coefficient (Wildman–Crippen LogP) is 3.05. The Morgan fingerprint density at radius 1 is 0.962 bits per heavy atom. The summed E-state index contributed by atoms with van der Waals surface area (Å²) >= 11 is 0. The van der Waals surface area contributed by atoms with Crippen molar-refractivity contribution in [2.75, 3.05) is 28.4 Å². The Kier molecular flexibility index (Phi) is 6.91. The van der Waals surface area contributed by atoms with E-state index in [9.17, 15) is 4.79 Å². The molecule has 0 aliphatic heterocycles. The quantitative estimate of drug-likeness (QED) is 0.736. The second-order valence-corrected chi connectivity index (χ2v) is 5.36. The minimum absolute atomic E-state index is 0.207. The van der Waals surface area contributed by atoms with E-state index < -0.39 is 0 Å². The monoisotopic (exact) mass is 357 g/mol. The maximum atomic E-state index is 12.1. The van der Waals surface area contributed by atoms with Gasteiger partial charge in [0.2, 0.25) is 11.7 Å². The largest absolute Gasteiger partial charge is 0.497 e. The van der Waals surface area contributed by atoms with Crippen LogP contribution < -0.4 is 24.3 Å². The molecule has 0 aliphatic rings. The predicted molar refractivity (Wildman–Crippen MR) is 100.0 cm³/mol. The first-order valence-corrected chi connectivity index (χ1v) is 8.00. The van der Waals surface area contributed by atoms with E-state index in [-0.39, 0.29) is 5.91 Å². The second-order valence-electron chi connectivity index (χ2n) is 5.36. The first-order valence-electron chi connectivity index (χ1n) is 8.00. The Balaban J connectivity index is 2.05. The van der Waals surface area contributed by atoms with E-state index in [1.807, 2.05) is 24.3 Å². The van der Waals surface area contributed by atoms with Crippen LogP contribution in [0, 0.1) is 0 Å². The maximum Gasteiger partial charge on any atom is 0.244 e. The van der Waals surface area contributed by atoms with Gasteiger partial charge in [-0.2, -0.15) is 0 Å². The lowest BCUT2D eigenvalue weighted by molar-refractivity contribution is -0.116. The normalized spacial score (nSPS) is 10.5. The van der Waals surface area contributed by atoms with Crippen molar-refractivity contribution in [3.63, 3.8) is 0 Å². The molecule has 0 unspecified atom stereocenters. The molecular weight excluding hydrogens is 334 g/mol. The fourth-order valence-corrected chi connectivity index (χ4v) is 2.40. The molecule has 0 saturated heterocycles. The van der Waals surface area contributed by atoms with Crippen molar-refractivity contribution in [3.8, 4) is 23.0 Å². The highest BCUT2D eigenvalue weighted by molar-refractivity contribution is 5.91. The summed E-state index contributed by atoms with van der Waals surface area (Å²) in [5.74, 6) is 2.12. The molecule has 0 bridgehead atoms. The van der Waals surface area contributed by atoms with Crippen LogP contribution in [0.15, 0.2) is 42.5 Å². The zero-order valence-corrected chi connectivity index (χ0v) is 15.4. The number of ether oxygens (including phenoxy) is 4. The Hall–Kier alpha value is -3.15. The van der Waals surface area contributed by atoms with Gasteiger partial charge in [-0.25, -0.2) is 0 Å². The van der Waals surface area contributed by atoms with E-state index in [1.165, 1.54) is 6.08 Å². The first-order chi connectivity index (χ1) is 12.6. The number of nitrogens with one attached hydrogen (secondary N) is 1. The molecule has 0 fully saturated rings. The lowest BCUT2D eigenvalue weighted by Gasteiger charge is -2.12. The van der Waals surface area contributed by atoms with Crippen molar-refractivity contribution in [2.24, 2.45) is 0 Å². The number of hydrogen-bond acceptors (Lipinski definition) is 5. The summed E-state index contributed by atoms with van der Waals surface area (Å²) in [7, 11) is 6.25. The van der Waals surface area contributed by atoms with Gasteiger partial charge in [0.1, 0.15) is 5.75 Å². The van der Waals surface area contributed by atoms with Crippen molar-refractivity contribution in [3.05, 3.63) is 53.6 Å². The molecule has 6 nitrogen and oxygen atoms in total. The molecule has 0 saturated carbocycles. The SMILES string of the molecule is COc1cccc(CNC(=O)C=Cc2cc(OC)c(OC)c(OC)c2)c1. The summed E-state index contributed by atoms with van der Waals surface area (Å²) < 4.78 is 21.1. The molecule has 0 aromatic heterocycles. The van der Waals surface area contributed by atoms with E-state index in [0.717, 1.165) is 16.9 Å². The molecule has 2 aromatic carbocycles. The van der Waals surface area contributed by atoms with Gasteiger partial charge < -0.3 is 24.3 Å². The third-order valence-electron chi connectivity index (χ3n) is 3.72. The summed E-state index contributed by atoms with van der Waals surface area (Å²) in [6.45, 7) is 0.412. The van der Waals surface area contributed by atoms with Crippen LogP contribution in [0.1, 0.15) is 11.1 Å². The van der Waals surface area contributed by atoms with Crippen LogP contribution in [0.4, 0.5) is 0 Å². The van der Waals surface area contributed by atoms with Gasteiger partial charge in [0.25, 0.3) is 0 Å². The molecule has 2 rings (SSSR count). The zero-order chi connectivity index (χ0) is 18.9. The average Bonchev–Trinajstić information content (AvgIpc) is 2.69. The number of benzene rings is 2. The standard InChI is InChI=1S/C20H23NO5/c1-23-16-7-5-6-15(10-16)13-21-19(22)9-8-14-11-17(24-2)20(26-4)18(12-14)25-3/h5-12H,13H2,1-4H3,(H,21,22). The van der Waals surface area contributed by atoms with Crippen LogP contribution in [0.5, 0.6) is 23.0 Å². The van der Waals surface area contributed by atoms with Crippen molar-refractivity contribution >= 4 is 12.0 Å². The molecule has 1 N–H and O–H groups in total. The van der Waals surface area contributed by atoms with E-state index in [4.69, 9.17) is 18.9 Å². The fourth-order valence-electron chi connectivity index (χ4n) is 2.40. The average molecular weight is 357 g/mol. The Morgan fingerprint density at radius 2 is 1.65 bits per heavy atom. The number of carbonyl (C=O) groups excluding carboxylic acids is 1. The Bertz CT molecular complexity index is 761. The van der Waals surface area contributed by atoms with E-state index in [0.29, 0.717) is 23.8 Å². The topological polar surface area (TPSA) is 66.0 Å². The van der Waals surface area contributed by atoms with Gasteiger partial charge in [-0.05, 0) is 41.5 Å². The molecule has 6 heteroatoms. The number of hydrogen-bond donors (Lipinski definition) is 1. The highest BCUT2D eigenvalue weighted by Crippen LogP contribution is 2.38. The Morgan fingerprint density at radius 3 is 2.23 bits per heavy atom. The summed E-state index contributed by atoms with van der Waals surface area (Å²) in [5.41, 5.74) is 1.72. The van der Waals surface area contributed by atoms with Crippen LogP contribution in [-0.2, 0) is 11.3 Å². The molecule has 0 radical (unpaired) electrons. The molecule has 1 amide bonds. The van der Waals surface area contributed by atoms with Crippen molar-refractivity contribution in [1.82, 2.24) is 5.32 Å². The van der Waals surface area contributed by atoms with Gasteiger partial charge in [0.15, 0.2) is 11.5 Å². The summed E-state index contributed by atoms with van der Waals surface area (Å²) in [4.78, 5) is 12.1. The van der Waals surface area contributed by atoms with Crippen molar-refractivity contribution in [2.45, 2.75) is 6.54 Å². The minimum atomic E-state index is -0.207. The van der Waals surface area contributed by atoms with Crippen LogP contribution in [-0.4, -0.2) is 34.3 Å². The van der Waals surface area contributed by atoms with Gasteiger partial charge >= 0.3 is 0 Å². The smallest absolute Gasteiger partial charge is 0.244 e. The van der Waals surface area contributed by atoms with Gasteiger partial charge in [-0.3, -0.25) is 4.79 Å². The summed E-state index contributed by atoms with van der Waals surface area (Å²) in [6, 6.07) is 11.1. The van der Waals surface area contributed by atoms with E-state index in [2.05, 4.69) is 5.32 Å². The van der Waals surface area contributed by atoms with Gasteiger partial charge in [0.05, 0.1) is 28.4 Å². The van der Waals surface area contributed by atoms with Gasteiger partial charge in [-0.1, -0.05) is 12.1 Å². The number of amides is 1. The Labute approximate surface area is 153 Å². The molecule has 2 aromatic rings.